The molecule has 2 heterocycles. The van der Waals surface area contributed by atoms with Crippen LogP contribution < -0.4 is 5.32 Å². The number of amides is 1. The van der Waals surface area contributed by atoms with Crippen LogP contribution in [-0.4, -0.2) is 35.4 Å². The van der Waals surface area contributed by atoms with Crippen LogP contribution in [0, 0.1) is 0 Å². The number of rotatable bonds is 3. The molecule has 1 aromatic carbocycles. The molecule has 4 heteroatoms. The fourth-order valence-corrected chi connectivity index (χ4v) is 2.75. The first-order chi connectivity index (χ1) is 10.3. The van der Waals surface area contributed by atoms with Crippen molar-refractivity contribution in [3.8, 4) is 0 Å². The van der Waals surface area contributed by atoms with Crippen LogP contribution in [0.15, 0.2) is 54.9 Å². The Bertz CT molecular complexity index is 585. The molecule has 1 aliphatic heterocycles. The van der Waals surface area contributed by atoms with Crippen molar-refractivity contribution in [1.29, 1.82) is 0 Å². The first-order valence-electron chi connectivity index (χ1n) is 7.28. The van der Waals surface area contributed by atoms with Gasteiger partial charge in [-0.15, -0.1) is 0 Å². The van der Waals surface area contributed by atoms with Crippen LogP contribution in [0.4, 0.5) is 0 Å². The van der Waals surface area contributed by atoms with Crippen molar-refractivity contribution in [2.24, 2.45) is 0 Å². The molecule has 3 rings (SSSR count). The Labute approximate surface area is 124 Å². The minimum atomic E-state index is 0.115. The molecule has 1 amide bonds. The average Bonchev–Trinajstić information content (AvgIpc) is 2.56. The van der Waals surface area contributed by atoms with Crippen LogP contribution in [0.1, 0.15) is 17.2 Å². The lowest BCUT2D eigenvalue weighted by atomic mass is 10.0. The molecular weight excluding hydrogens is 262 g/mol. The van der Waals surface area contributed by atoms with E-state index in [9.17, 15) is 4.79 Å². The molecule has 0 spiro atoms. The van der Waals surface area contributed by atoms with Crippen molar-refractivity contribution in [1.82, 2.24) is 15.2 Å². The van der Waals surface area contributed by atoms with Gasteiger partial charge < -0.3 is 10.2 Å². The molecule has 0 saturated carbocycles. The summed E-state index contributed by atoms with van der Waals surface area (Å²) in [6.07, 6.45) is 3.90. The van der Waals surface area contributed by atoms with Crippen LogP contribution in [0.3, 0.4) is 0 Å². The van der Waals surface area contributed by atoms with Crippen LogP contribution in [0.2, 0.25) is 0 Å². The number of piperazine rings is 1. The Morgan fingerprint density at radius 2 is 2.10 bits per heavy atom. The van der Waals surface area contributed by atoms with Crippen LogP contribution in [-0.2, 0) is 11.2 Å². The van der Waals surface area contributed by atoms with Gasteiger partial charge in [-0.2, -0.15) is 0 Å². The summed E-state index contributed by atoms with van der Waals surface area (Å²) in [6, 6.07) is 14.1. The summed E-state index contributed by atoms with van der Waals surface area (Å²) in [5, 5.41) is 3.38. The maximum Gasteiger partial charge on any atom is 0.227 e. The number of carbonyl (C=O) groups is 1. The number of aromatic nitrogens is 1. The van der Waals surface area contributed by atoms with Gasteiger partial charge in [-0.05, 0) is 17.2 Å². The molecule has 1 aliphatic rings. The molecule has 1 N–H and O–H groups in total. The van der Waals surface area contributed by atoms with Crippen molar-refractivity contribution in [2.75, 3.05) is 19.6 Å². The Hall–Kier alpha value is -2.20. The van der Waals surface area contributed by atoms with Gasteiger partial charge >= 0.3 is 0 Å². The number of hydrogen-bond acceptors (Lipinski definition) is 3. The number of hydrogen-bond donors (Lipinski definition) is 1. The van der Waals surface area contributed by atoms with E-state index in [0.29, 0.717) is 6.42 Å². The maximum atomic E-state index is 12.6. The van der Waals surface area contributed by atoms with Crippen molar-refractivity contribution in [3.63, 3.8) is 0 Å². The third-order valence-corrected chi connectivity index (χ3v) is 3.83. The van der Waals surface area contributed by atoms with Gasteiger partial charge in [0.15, 0.2) is 0 Å². The van der Waals surface area contributed by atoms with Crippen molar-refractivity contribution >= 4 is 5.91 Å². The van der Waals surface area contributed by atoms with Gasteiger partial charge in [0.05, 0.1) is 12.5 Å². The van der Waals surface area contributed by atoms with Gasteiger partial charge in [0.25, 0.3) is 0 Å². The molecule has 1 fully saturated rings. The zero-order valence-electron chi connectivity index (χ0n) is 11.9. The lowest BCUT2D eigenvalue weighted by Gasteiger charge is -2.36. The third-order valence-electron chi connectivity index (χ3n) is 3.83. The molecule has 1 aromatic heterocycles. The number of benzene rings is 1. The molecule has 0 bridgehead atoms. The fraction of sp³-hybridized carbons (Fsp3) is 0.294. The van der Waals surface area contributed by atoms with Gasteiger partial charge in [0.2, 0.25) is 5.91 Å². The second kappa shape index (κ2) is 6.50. The summed E-state index contributed by atoms with van der Waals surface area (Å²) in [5.74, 6) is 0.165. The second-order valence-corrected chi connectivity index (χ2v) is 5.26. The Morgan fingerprint density at radius 1 is 1.24 bits per heavy atom. The third kappa shape index (κ3) is 3.28. The zero-order chi connectivity index (χ0) is 14.5. The predicted molar refractivity (Wildman–Crippen MR) is 81.7 cm³/mol. The van der Waals surface area contributed by atoms with Crippen molar-refractivity contribution in [2.45, 2.75) is 12.5 Å². The highest BCUT2D eigenvalue weighted by molar-refractivity contribution is 5.79. The monoisotopic (exact) mass is 281 g/mol. The normalized spacial score (nSPS) is 18.5. The van der Waals surface area contributed by atoms with Crippen molar-refractivity contribution < 1.29 is 4.79 Å². The van der Waals surface area contributed by atoms with E-state index in [1.807, 2.05) is 35.2 Å². The van der Waals surface area contributed by atoms with E-state index in [0.717, 1.165) is 25.2 Å². The molecule has 0 radical (unpaired) electrons. The van der Waals surface area contributed by atoms with E-state index >= 15 is 0 Å². The lowest BCUT2D eigenvalue weighted by Crippen LogP contribution is -2.49. The number of nitrogens with zero attached hydrogens (tertiary/aromatic N) is 2. The van der Waals surface area contributed by atoms with E-state index in [1.165, 1.54) is 5.56 Å². The van der Waals surface area contributed by atoms with Gasteiger partial charge in [-0.1, -0.05) is 36.4 Å². The van der Waals surface area contributed by atoms with Crippen LogP contribution in [0.25, 0.3) is 0 Å². The summed E-state index contributed by atoms with van der Waals surface area (Å²) >= 11 is 0. The van der Waals surface area contributed by atoms with Crippen LogP contribution >= 0.6 is 0 Å². The summed E-state index contributed by atoms with van der Waals surface area (Å²) in [5.41, 5.74) is 2.15. The van der Waals surface area contributed by atoms with Gasteiger partial charge in [0, 0.05) is 32.0 Å². The summed E-state index contributed by atoms with van der Waals surface area (Å²) in [6.45, 7) is 2.41. The Kier molecular flexibility index (Phi) is 4.26. The predicted octanol–water partition coefficient (Wildman–Crippen LogP) is 1.80. The molecule has 1 unspecified atom stereocenters. The molecule has 1 atom stereocenters. The lowest BCUT2D eigenvalue weighted by molar-refractivity contribution is -0.133. The Balaban J connectivity index is 1.76. The number of nitrogens with one attached hydrogen (secondary N) is 1. The standard InChI is InChI=1S/C17H19N3O/c21-17(11-14-5-4-8-18-12-14)20-10-9-19-13-16(20)15-6-2-1-3-7-15/h1-8,12,16,19H,9-11,13H2. The average molecular weight is 281 g/mol. The molecule has 21 heavy (non-hydrogen) atoms. The highest BCUT2D eigenvalue weighted by Crippen LogP contribution is 2.22. The first kappa shape index (κ1) is 13.8. The summed E-state index contributed by atoms with van der Waals surface area (Å²) < 4.78 is 0. The molecule has 4 nitrogen and oxygen atoms in total. The van der Waals surface area contributed by atoms with Gasteiger partial charge in [0.1, 0.15) is 0 Å². The zero-order valence-corrected chi connectivity index (χ0v) is 11.9. The molecule has 1 saturated heterocycles. The number of carbonyl (C=O) groups excluding carboxylic acids is 1. The smallest absolute Gasteiger partial charge is 0.227 e. The highest BCUT2D eigenvalue weighted by atomic mass is 16.2. The Morgan fingerprint density at radius 3 is 2.86 bits per heavy atom. The minimum absolute atomic E-state index is 0.115. The van der Waals surface area contributed by atoms with E-state index in [-0.39, 0.29) is 11.9 Å². The van der Waals surface area contributed by atoms with Gasteiger partial charge in [-0.25, -0.2) is 0 Å². The molecule has 2 aromatic rings. The van der Waals surface area contributed by atoms with E-state index in [1.54, 1.807) is 12.4 Å². The fourth-order valence-electron chi connectivity index (χ4n) is 2.75. The van der Waals surface area contributed by atoms with Gasteiger partial charge in [-0.3, -0.25) is 9.78 Å². The topological polar surface area (TPSA) is 45.2 Å². The first-order valence-corrected chi connectivity index (χ1v) is 7.28. The maximum absolute atomic E-state index is 12.6. The quantitative estimate of drug-likeness (QED) is 0.933. The van der Waals surface area contributed by atoms with E-state index in [4.69, 9.17) is 0 Å². The second-order valence-electron chi connectivity index (χ2n) is 5.26. The largest absolute Gasteiger partial charge is 0.333 e. The summed E-state index contributed by atoms with van der Waals surface area (Å²) in [7, 11) is 0. The summed E-state index contributed by atoms with van der Waals surface area (Å²) in [4.78, 5) is 18.7. The molecular formula is C17H19N3O. The van der Waals surface area contributed by atoms with E-state index < -0.39 is 0 Å². The molecule has 108 valence electrons. The van der Waals surface area contributed by atoms with Crippen LogP contribution in [0.5, 0.6) is 0 Å². The molecule has 0 aliphatic carbocycles. The number of pyridine rings is 1. The minimum Gasteiger partial charge on any atom is -0.333 e. The highest BCUT2D eigenvalue weighted by Gasteiger charge is 2.27. The van der Waals surface area contributed by atoms with E-state index in [2.05, 4.69) is 22.4 Å². The SMILES string of the molecule is O=C(Cc1cccnc1)N1CCNCC1c1ccccc1. The van der Waals surface area contributed by atoms with Crippen molar-refractivity contribution in [3.05, 3.63) is 66.0 Å².